The van der Waals surface area contributed by atoms with E-state index in [1.807, 2.05) is 19.1 Å². The maximum Gasteiger partial charge on any atom is 0.130 e. The third kappa shape index (κ3) is 3.21. The van der Waals surface area contributed by atoms with Crippen LogP contribution in [0, 0.1) is 5.82 Å². The number of nitrogens with zero attached hydrogens (tertiary/aromatic N) is 2. The molecule has 2 rings (SSSR count). The zero-order valence-corrected chi connectivity index (χ0v) is 11.2. The molecule has 100 valence electrons. The summed E-state index contributed by atoms with van der Waals surface area (Å²) >= 11 is 0. The zero-order valence-electron chi connectivity index (χ0n) is 11.2. The van der Waals surface area contributed by atoms with Gasteiger partial charge in [0.25, 0.3) is 0 Å². The van der Waals surface area contributed by atoms with Gasteiger partial charge in [0.1, 0.15) is 5.82 Å². The molecule has 0 unspecified atom stereocenters. The minimum atomic E-state index is -0.167. The summed E-state index contributed by atoms with van der Waals surface area (Å²) in [7, 11) is 2.11. The van der Waals surface area contributed by atoms with Crippen molar-refractivity contribution in [2.45, 2.75) is 13.5 Å². The highest BCUT2D eigenvalue weighted by atomic mass is 19.1. The van der Waals surface area contributed by atoms with Crippen LogP contribution in [0.4, 0.5) is 10.1 Å². The summed E-state index contributed by atoms with van der Waals surface area (Å²) in [5, 5.41) is 0. The fourth-order valence-corrected chi connectivity index (χ4v) is 2.13. The highest BCUT2D eigenvalue weighted by Gasteiger charge is 2.15. The van der Waals surface area contributed by atoms with Gasteiger partial charge in [-0.15, -0.1) is 0 Å². The Morgan fingerprint density at radius 1 is 1.22 bits per heavy atom. The fraction of sp³-hybridized carbons (Fsp3) is 0.571. The molecule has 0 spiro atoms. The molecule has 1 fully saturated rings. The van der Waals surface area contributed by atoms with Gasteiger partial charge in [0.05, 0.1) is 6.61 Å². The van der Waals surface area contributed by atoms with Crippen LogP contribution in [0.2, 0.25) is 0 Å². The molecule has 18 heavy (non-hydrogen) atoms. The summed E-state index contributed by atoms with van der Waals surface area (Å²) in [4.78, 5) is 4.52. The molecular formula is C14H21FN2O. The van der Waals surface area contributed by atoms with Gasteiger partial charge < -0.3 is 14.5 Å². The lowest BCUT2D eigenvalue weighted by Gasteiger charge is -2.34. The minimum absolute atomic E-state index is 0.167. The lowest BCUT2D eigenvalue weighted by atomic mass is 10.1. The lowest BCUT2D eigenvalue weighted by molar-refractivity contribution is 0.131. The first-order chi connectivity index (χ1) is 8.70. The summed E-state index contributed by atoms with van der Waals surface area (Å²) in [6.07, 6.45) is 0. The molecule has 0 amide bonds. The Morgan fingerprint density at radius 2 is 1.94 bits per heavy atom. The van der Waals surface area contributed by atoms with E-state index in [2.05, 4.69) is 16.8 Å². The van der Waals surface area contributed by atoms with Crippen LogP contribution >= 0.6 is 0 Å². The second kappa shape index (κ2) is 6.16. The van der Waals surface area contributed by atoms with Crippen LogP contribution in [-0.4, -0.2) is 44.7 Å². The van der Waals surface area contributed by atoms with Crippen molar-refractivity contribution < 1.29 is 9.13 Å². The van der Waals surface area contributed by atoms with Gasteiger partial charge in [0.15, 0.2) is 0 Å². The molecule has 0 saturated carbocycles. The van der Waals surface area contributed by atoms with E-state index in [1.54, 1.807) is 6.07 Å². The summed E-state index contributed by atoms with van der Waals surface area (Å²) in [6, 6.07) is 5.45. The molecular weight excluding hydrogens is 231 g/mol. The van der Waals surface area contributed by atoms with E-state index in [9.17, 15) is 4.39 Å². The minimum Gasteiger partial charge on any atom is -0.377 e. The predicted molar refractivity (Wildman–Crippen MR) is 71.4 cm³/mol. The number of benzene rings is 1. The van der Waals surface area contributed by atoms with Crippen molar-refractivity contribution in [2.24, 2.45) is 0 Å². The number of halogens is 1. The third-order valence-electron chi connectivity index (χ3n) is 3.37. The first kappa shape index (κ1) is 13.3. The van der Waals surface area contributed by atoms with E-state index < -0.39 is 0 Å². The first-order valence-corrected chi connectivity index (χ1v) is 6.50. The van der Waals surface area contributed by atoms with Crippen molar-refractivity contribution in [3.05, 3.63) is 29.6 Å². The number of piperazine rings is 1. The molecule has 4 heteroatoms. The normalized spacial score (nSPS) is 17.2. The smallest absolute Gasteiger partial charge is 0.130 e. The van der Waals surface area contributed by atoms with Gasteiger partial charge in [0.2, 0.25) is 0 Å². The van der Waals surface area contributed by atoms with Crippen LogP contribution in [0.15, 0.2) is 18.2 Å². The molecule has 0 radical (unpaired) electrons. The Bertz CT molecular complexity index is 389. The van der Waals surface area contributed by atoms with Crippen LogP contribution in [0.1, 0.15) is 12.5 Å². The molecule has 0 N–H and O–H groups in total. The van der Waals surface area contributed by atoms with Gasteiger partial charge in [-0.1, -0.05) is 6.07 Å². The van der Waals surface area contributed by atoms with Gasteiger partial charge in [-0.25, -0.2) is 4.39 Å². The van der Waals surface area contributed by atoms with Crippen LogP contribution in [0.3, 0.4) is 0 Å². The van der Waals surface area contributed by atoms with E-state index in [0.29, 0.717) is 18.8 Å². The van der Waals surface area contributed by atoms with E-state index in [1.165, 1.54) is 0 Å². The average Bonchev–Trinajstić information content (AvgIpc) is 2.38. The maximum absolute atomic E-state index is 13.9. The summed E-state index contributed by atoms with van der Waals surface area (Å²) < 4.78 is 19.1. The Balaban J connectivity index is 2.04. The van der Waals surface area contributed by atoms with Crippen molar-refractivity contribution in [3.63, 3.8) is 0 Å². The monoisotopic (exact) mass is 252 g/mol. The molecule has 0 aliphatic carbocycles. The Labute approximate surface area is 108 Å². The number of anilines is 1. The molecule has 1 aromatic carbocycles. The molecule has 0 atom stereocenters. The largest absolute Gasteiger partial charge is 0.377 e. The lowest BCUT2D eigenvalue weighted by Crippen LogP contribution is -2.44. The van der Waals surface area contributed by atoms with Gasteiger partial charge >= 0.3 is 0 Å². The molecule has 1 aliphatic heterocycles. The molecule has 1 aromatic rings. The summed E-state index contributed by atoms with van der Waals surface area (Å²) in [5.41, 5.74) is 1.61. The van der Waals surface area contributed by atoms with Gasteiger partial charge in [0, 0.05) is 44.0 Å². The number of hydrogen-bond acceptors (Lipinski definition) is 3. The summed E-state index contributed by atoms with van der Waals surface area (Å²) in [5.74, 6) is -0.167. The zero-order chi connectivity index (χ0) is 13.0. The topological polar surface area (TPSA) is 15.7 Å². The fourth-order valence-electron chi connectivity index (χ4n) is 2.13. The number of likely N-dealkylation sites (N-methyl/N-ethyl adjacent to an activating group) is 1. The van der Waals surface area contributed by atoms with E-state index in [-0.39, 0.29) is 5.82 Å². The van der Waals surface area contributed by atoms with Crippen molar-refractivity contribution in [1.29, 1.82) is 0 Å². The number of ether oxygens (including phenoxy) is 1. The SMILES string of the molecule is CCOCc1ccc(N2CCN(C)CC2)cc1F. The van der Waals surface area contributed by atoms with Crippen LogP contribution in [-0.2, 0) is 11.3 Å². The Morgan fingerprint density at radius 3 is 2.56 bits per heavy atom. The molecule has 0 aromatic heterocycles. The third-order valence-corrected chi connectivity index (χ3v) is 3.37. The van der Waals surface area contributed by atoms with Gasteiger partial charge in [-0.05, 0) is 26.1 Å². The quantitative estimate of drug-likeness (QED) is 0.816. The molecule has 1 heterocycles. The summed E-state index contributed by atoms with van der Waals surface area (Å²) in [6.45, 7) is 6.85. The van der Waals surface area contributed by atoms with Crippen LogP contribution in [0.5, 0.6) is 0 Å². The standard InChI is InChI=1S/C14H21FN2O/c1-3-18-11-12-4-5-13(10-14(12)15)17-8-6-16(2)7-9-17/h4-5,10H,3,6-9,11H2,1-2H3. The highest BCUT2D eigenvalue weighted by molar-refractivity contribution is 5.48. The highest BCUT2D eigenvalue weighted by Crippen LogP contribution is 2.20. The van der Waals surface area contributed by atoms with Crippen molar-refractivity contribution in [2.75, 3.05) is 44.7 Å². The van der Waals surface area contributed by atoms with E-state index in [0.717, 1.165) is 31.9 Å². The van der Waals surface area contributed by atoms with Crippen molar-refractivity contribution >= 4 is 5.69 Å². The van der Waals surface area contributed by atoms with Gasteiger partial charge in [-0.3, -0.25) is 0 Å². The average molecular weight is 252 g/mol. The Kier molecular flexibility index (Phi) is 4.55. The van der Waals surface area contributed by atoms with Gasteiger partial charge in [-0.2, -0.15) is 0 Å². The van der Waals surface area contributed by atoms with E-state index in [4.69, 9.17) is 4.74 Å². The second-order valence-electron chi connectivity index (χ2n) is 4.70. The first-order valence-electron chi connectivity index (χ1n) is 6.50. The molecule has 0 bridgehead atoms. The van der Waals surface area contributed by atoms with E-state index >= 15 is 0 Å². The Hall–Kier alpha value is -1.13. The molecule has 3 nitrogen and oxygen atoms in total. The number of hydrogen-bond donors (Lipinski definition) is 0. The molecule has 1 saturated heterocycles. The second-order valence-corrected chi connectivity index (χ2v) is 4.70. The van der Waals surface area contributed by atoms with Crippen molar-refractivity contribution in [3.8, 4) is 0 Å². The number of rotatable bonds is 4. The predicted octanol–water partition coefficient (Wildman–Crippen LogP) is 2.11. The maximum atomic E-state index is 13.9. The molecule has 1 aliphatic rings. The van der Waals surface area contributed by atoms with Crippen LogP contribution < -0.4 is 4.90 Å². The van der Waals surface area contributed by atoms with Crippen LogP contribution in [0.25, 0.3) is 0 Å². The van der Waals surface area contributed by atoms with Crippen molar-refractivity contribution in [1.82, 2.24) is 4.90 Å².